The minimum atomic E-state index is -1.52. The number of hydrogen-bond acceptors (Lipinski definition) is 6. The predicted molar refractivity (Wildman–Crippen MR) is 80.7 cm³/mol. The van der Waals surface area contributed by atoms with Gasteiger partial charge in [0, 0.05) is 37.6 Å². The zero-order chi connectivity index (χ0) is 16.6. The van der Waals surface area contributed by atoms with Crippen molar-refractivity contribution in [2.24, 2.45) is 5.41 Å². The van der Waals surface area contributed by atoms with Crippen molar-refractivity contribution in [3.05, 3.63) is 0 Å². The van der Waals surface area contributed by atoms with Gasteiger partial charge in [0.25, 0.3) is 5.91 Å². The van der Waals surface area contributed by atoms with Crippen LogP contribution >= 0.6 is 12.6 Å². The number of hydrogen-bond donors (Lipinski definition) is 4. The maximum absolute atomic E-state index is 12.1. The fourth-order valence-electron chi connectivity index (χ4n) is 1.49. The summed E-state index contributed by atoms with van der Waals surface area (Å²) in [7, 11) is 0. The first kappa shape index (κ1) is 19.9. The van der Waals surface area contributed by atoms with Gasteiger partial charge in [0.15, 0.2) is 0 Å². The van der Waals surface area contributed by atoms with Crippen molar-refractivity contribution in [3.8, 4) is 0 Å². The number of imide groups is 1. The first-order chi connectivity index (χ1) is 9.67. The standard InChI is InChI=1S/C13H24N2O5S/c1-9(17)15(6-4-10(18)14-5-7-21)12(20)11(19)13(2,3)8-16/h11,16,19,21H,4-8H2,1-3H3,(H,14,18). The summed E-state index contributed by atoms with van der Waals surface area (Å²) < 4.78 is 0. The van der Waals surface area contributed by atoms with E-state index in [2.05, 4.69) is 17.9 Å². The summed E-state index contributed by atoms with van der Waals surface area (Å²) in [5.74, 6) is -1.19. The Morgan fingerprint density at radius 1 is 1.33 bits per heavy atom. The van der Waals surface area contributed by atoms with E-state index in [1.54, 1.807) is 0 Å². The molecule has 1 atom stereocenters. The highest BCUT2D eigenvalue weighted by Crippen LogP contribution is 2.21. The maximum Gasteiger partial charge on any atom is 0.258 e. The average Bonchev–Trinajstić information content (AvgIpc) is 2.43. The molecule has 0 aliphatic heterocycles. The van der Waals surface area contributed by atoms with Crippen molar-refractivity contribution >= 4 is 30.4 Å². The van der Waals surface area contributed by atoms with Crippen LogP contribution in [0.15, 0.2) is 0 Å². The summed E-state index contributed by atoms with van der Waals surface area (Å²) in [4.78, 5) is 35.9. The number of aliphatic hydroxyl groups excluding tert-OH is 2. The number of nitrogens with one attached hydrogen (secondary N) is 1. The summed E-state index contributed by atoms with van der Waals surface area (Å²) >= 11 is 3.95. The van der Waals surface area contributed by atoms with Gasteiger partial charge < -0.3 is 15.5 Å². The van der Waals surface area contributed by atoms with Crippen LogP contribution in [0.2, 0.25) is 0 Å². The van der Waals surface area contributed by atoms with E-state index >= 15 is 0 Å². The third kappa shape index (κ3) is 6.45. The Morgan fingerprint density at radius 3 is 2.33 bits per heavy atom. The number of rotatable bonds is 8. The Labute approximate surface area is 130 Å². The van der Waals surface area contributed by atoms with Crippen LogP contribution in [0.4, 0.5) is 0 Å². The van der Waals surface area contributed by atoms with Gasteiger partial charge in [0.1, 0.15) is 6.10 Å². The molecule has 0 aromatic rings. The Hall–Kier alpha value is -1.12. The molecule has 0 aromatic carbocycles. The van der Waals surface area contributed by atoms with E-state index in [4.69, 9.17) is 5.11 Å². The third-order valence-corrected chi connectivity index (χ3v) is 3.25. The van der Waals surface area contributed by atoms with Crippen molar-refractivity contribution in [2.45, 2.75) is 33.3 Å². The van der Waals surface area contributed by atoms with Crippen LogP contribution in [-0.4, -0.2) is 64.4 Å². The minimum Gasteiger partial charge on any atom is -0.396 e. The summed E-state index contributed by atoms with van der Waals surface area (Å²) in [5, 5.41) is 21.7. The molecule has 1 unspecified atom stereocenters. The first-order valence-corrected chi connectivity index (χ1v) is 7.29. The topological polar surface area (TPSA) is 107 Å². The number of nitrogens with zero attached hydrogens (tertiary/aromatic N) is 1. The van der Waals surface area contributed by atoms with E-state index in [0.29, 0.717) is 12.3 Å². The molecule has 0 saturated heterocycles. The Balaban J connectivity index is 4.73. The fourth-order valence-corrected chi connectivity index (χ4v) is 1.60. The molecular weight excluding hydrogens is 296 g/mol. The molecule has 3 N–H and O–H groups in total. The predicted octanol–water partition coefficient (Wildman–Crippen LogP) is -0.823. The van der Waals surface area contributed by atoms with Gasteiger partial charge in [0.05, 0.1) is 6.61 Å². The number of carbonyl (C=O) groups is 3. The van der Waals surface area contributed by atoms with Gasteiger partial charge >= 0.3 is 0 Å². The van der Waals surface area contributed by atoms with E-state index < -0.39 is 29.9 Å². The van der Waals surface area contributed by atoms with Crippen LogP contribution in [-0.2, 0) is 14.4 Å². The molecule has 0 aliphatic rings. The molecule has 8 heteroatoms. The molecule has 21 heavy (non-hydrogen) atoms. The van der Waals surface area contributed by atoms with Crippen LogP contribution in [0.25, 0.3) is 0 Å². The molecule has 7 nitrogen and oxygen atoms in total. The highest BCUT2D eigenvalue weighted by Gasteiger charge is 2.37. The Kier molecular flexibility index (Phi) is 8.53. The smallest absolute Gasteiger partial charge is 0.258 e. The average molecular weight is 320 g/mol. The summed E-state index contributed by atoms with van der Waals surface area (Å²) in [6.45, 7) is 4.07. The molecule has 3 amide bonds. The number of thiol groups is 1. The number of carbonyl (C=O) groups excluding carboxylic acids is 3. The lowest BCUT2D eigenvalue weighted by Gasteiger charge is -2.31. The van der Waals surface area contributed by atoms with Gasteiger partial charge in [-0.05, 0) is 0 Å². The third-order valence-electron chi connectivity index (χ3n) is 3.02. The number of amides is 3. The molecule has 0 rings (SSSR count). The molecule has 0 bridgehead atoms. The van der Waals surface area contributed by atoms with Gasteiger partial charge in [-0.25, -0.2) is 0 Å². The molecule has 0 spiro atoms. The zero-order valence-corrected chi connectivity index (χ0v) is 13.5. The van der Waals surface area contributed by atoms with E-state index in [1.807, 2.05) is 0 Å². The second kappa shape index (κ2) is 9.01. The fraction of sp³-hybridized carbons (Fsp3) is 0.769. The van der Waals surface area contributed by atoms with Crippen LogP contribution in [0.1, 0.15) is 27.2 Å². The molecule has 122 valence electrons. The van der Waals surface area contributed by atoms with E-state index in [0.717, 1.165) is 4.90 Å². The van der Waals surface area contributed by atoms with Crippen LogP contribution in [0.5, 0.6) is 0 Å². The zero-order valence-electron chi connectivity index (χ0n) is 12.6. The van der Waals surface area contributed by atoms with Crippen LogP contribution in [0.3, 0.4) is 0 Å². The van der Waals surface area contributed by atoms with Gasteiger partial charge in [-0.2, -0.15) is 12.6 Å². The molecular formula is C13H24N2O5S. The summed E-state index contributed by atoms with van der Waals surface area (Å²) in [6, 6.07) is 0. The van der Waals surface area contributed by atoms with Gasteiger partial charge in [0.2, 0.25) is 11.8 Å². The summed E-state index contributed by atoms with van der Waals surface area (Å²) in [5.41, 5.74) is -1.07. The van der Waals surface area contributed by atoms with E-state index in [-0.39, 0.29) is 18.9 Å². The van der Waals surface area contributed by atoms with Crippen molar-refractivity contribution in [1.29, 1.82) is 0 Å². The second-order valence-electron chi connectivity index (χ2n) is 5.38. The van der Waals surface area contributed by atoms with E-state index in [9.17, 15) is 19.5 Å². The largest absolute Gasteiger partial charge is 0.396 e. The second-order valence-corrected chi connectivity index (χ2v) is 5.83. The molecule has 0 aliphatic carbocycles. The summed E-state index contributed by atoms with van der Waals surface area (Å²) in [6.07, 6.45) is -1.57. The number of aliphatic hydroxyl groups is 2. The molecule has 0 fully saturated rings. The quantitative estimate of drug-likeness (QED) is 0.437. The van der Waals surface area contributed by atoms with E-state index in [1.165, 1.54) is 20.8 Å². The van der Waals surface area contributed by atoms with Crippen LogP contribution < -0.4 is 5.32 Å². The first-order valence-electron chi connectivity index (χ1n) is 6.65. The lowest BCUT2D eigenvalue weighted by atomic mass is 9.86. The Morgan fingerprint density at radius 2 is 1.90 bits per heavy atom. The molecule has 0 heterocycles. The van der Waals surface area contributed by atoms with Crippen LogP contribution in [0, 0.1) is 5.41 Å². The minimum absolute atomic E-state index is 0.0502. The molecule has 0 aromatic heterocycles. The van der Waals surface area contributed by atoms with Gasteiger partial charge in [-0.3, -0.25) is 19.3 Å². The van der Waals surface area contributed by atoms with Crippen molar-refractivity contribution < 1.29 is 24.6 Å². The normalized spacial score (nSPS) is 12.7. The molecule has 0 saturated carbocycles. The SMILES string of the molecule is CC(=O)N(CCC(=O)NCCS)C(=O)C(O)C(C)(C)CO. The highest BCUT2D eigenvalue weighted by atomic mass is 32.1. The molecule has 0 radical (unpaired) electrons. The Bertz CT molecular complexity index is 387. The van der Waals surface area contributed by atoms with Crippen molar-refractivity contribution in [2.75, 3.05) is 25.4 Å². The lowest BCUT2D eigenvalue weighted by Crippen LogP contribution is -2.50. The van der Waals surface area contributed by atoms with Gasteiger partial charge in [-0.1, -0.05) is 13.8 Å². The highest BCUT2D eigenvalue weighted by molar-refractivity contribution is 7.80. The van der Waals surface area contributed by atoms with Crippen molar-refractivity contribution in [3.63, 3.8) is 0 Å². The lowest BCUT2D eigenvalue weighted by molar-refractivity contribution is -0.155. The maximum atomic E-state index is 12.1. The van der Waals surface area contributed by atoms with Crippen molar-refractivity contribution in [1.82, 2.24) is 10.2 Å². The van der Waals surface area contributed by atoms with Gasteiger partial charge in [-0.15, -0.1) is 0 Å². The monoisotopic (exact) mass is 320 g/mol.